The van der Waals surface area contributed by atoms with Gasteiger partial charge in [0.05, 0.1) is 16.7 Å². The van der Waals surface area contributed by atoms with Crippen molar-refractivity contribution in [2.45, 2.75) is 5.60 Å². The predicted molar refractivity (Wildman–Crippen MR) is 151 cm³/mol. The molecule has 4 heteroatoms. The lowest BCUT2D eigenvalue weighted by Gasteiger charge is -2.32. The summed E-state index contributed by atoms with van der Waals surface area (Å²) >= 11 is 7.09. The summed E-state index contributed by atoms with van der Waals surface area (Å²) in [6, 6.07) is 40.9. The van der Waals surface area contributed by atoms with Gasteiger partial charge in [0.15, 0.2) is 0 Å². The number of nitrogens with zero attached hydrogens (tertiary/aromatic N) is 1. The molecule has 1 aromatic heterocycles. The first-order valence-electron chi connectivity index (χ1n) is 11.4. The summed E-state index contributed by atoms with van der Waals surface area (Å²) in [7, 11) is 0. The molecule has 0 fully saturated rings. The number of rotatable bonds is 4. The van der Waals surface area contributed by atoms with Crippen LogP contribution in [0.2, 0.25) is 0 Å². The van der Waals surface area contributed by atoms with Crippen LogP contribution in [0.3, 0.4) is 0 Å². The van der Waals surface area contributed by atoms with E-state index in [1.54, 1.807) is 0 Å². The standard InChI is InChI=1S/C31H21Br2NO/c32-23-17-13-21(14-18-23)31(35,22-15-19-24(33)20-16-22)27-9-3-6-12-30(27)34-28-10-4-1-7-25(28)26-8-2-5-11-29(26)34/h1-20,35H. The molecule has 1 N–H and O–H groups in total. The number of hydrogen-bond donors (Lipinski definition) is 1. The van der Waals surface area contributed by atoms with Crippen molar-refractivity contribution in [3.8, 4) is 5.69 Å². The molecule has 0 radical (unpaired) electrons. The molecule has 0 aliphatic carbocycles. The largest absolute Gasteiger partial charge is 0.376 e. The van der Waals surface area contributed by atoms with Gasteiger partial charge in [-0.3, -0.25) is 0 Å². The van der Waals surface area contributed by atoms with E-state index in [1.165, 1.54) is 10.8 Å². The maximum atomic E-state index is 12.7. The van der Waals surface area contributed by atoms with Gasteiger partial charge in [0.25, 0.3) is 0 Å². The molecule has 0 atom stereocenters. The number of fused-ring (bicyclic) bond motifs is 3. The number of benzene rings is 5. The van der Waals surface area contributed by atoms with Crippen LogP contribution in [-0.2, 0) is 5.60 Å². The lowest BCUT2D eigenvalue weighted by Crippen LogP contribution is -2.30. The highest BCUT2D eigenvalue weighted by Crippen LogP contribution is 2.42. The van der Waals surface area contributed by atoms with Crippen molar-refractivity contribution in [3.05, 3.63) is 147 Å². The molecule has 0 saturated carbocycles. The third kappa shape index (κ3) is 3.64. The molecule has 5 aromatic carbocycles. The van der Waals surface area contributed by atoms with Crippen LogP contribution in [0.5, 0.6) is 0 Å². The highest BCUT2D eigenvalue weighted by molar-refractivity contribution is 9.10. The SMILES string of the molecule is OC(c1ccc(Br)cc1)(c1ccc(Br)cc1)c1ccccc1-n1c2ccccc2c2ccccc21. The van der Waals surface area contributed by atoms with E-state index in [0.717, 1.165) is 42.4 Å². The summed E-state index contributed by atoms with van der Waals surface area (Å²) in [4.78, 5) is 0. The van der Waals surface area contributed by atoms with Crippen LogP contribution >= 0.6 is 31.9 Å². The molecule has 0 aliphatic heterocycles. The maximum Gasteiger partial charge on any atom is 0.142 e. The third-order valence-corrected chi connectivity index (χ3v) is 7.70. The van der Waals surface area contributed by atoms with E-state index in [4.69, 9.17) is 0 Å². The normalized spacial score (nSPS) is 11.9. The number of aliphatic hydroxyl groups is 1. The summed E-state index contributed by atoms with van der Waals surface area (Å²) in [5.41, 5.74) is 4.21. The molecule has 0 saturated heterocycles. The molecule has 0 bridgehead atoms. The first-order valence-corrected chi connectivity index (χ1v) is 13.0. The average Bonchev–Trinajstić information content (AvgIpc) is 3.23. The van der Waals surface area contributed by atoms with Crippen molar-refractivity contribution >= 4 is 53.7 Å². The van der Waals surface area contributed by atoms with Crippen LogP contribution in [0.4, 0.5) is 0 Å². The first kappa shape index (κ1) is 22.3. The van der Waals surface area contributed by atoms with Gasteiger partial charge >= 0.3 is 0 Å². The van der Waals surface area contributed by atoms with Crippen LogP contribution in [0.25, 0.3) is 27.5 Å². The Kier molecular flexibility index (Phi) is 5.60. The average molecular weight is 583 g/mol. The smallest absolute Gasteiger partial charge is 0.142 e. The Hall–Kier alpha value is -3.18. The highest BCUT2D eigenvalue weighted by Gasteiger charge is 2.36. The maximum absolute atomic E-state index is 12.7. The zero-order valence-electron chi connectivity index (χ0n) is 18.7. The lowest BCUT2D eigenvalue weighted by atomic mass is 9.79. The quantitative estimate of drug-likeness (QED) is 0.207. The summed E-state index contributed by atoms with van der Waals surface area (Å²) in [5, 5.41) is 15.1. The highest BCUT2D eigenvalue weighted by atomic mass is 79.9. The van der Waals surface area contributed by atoms with E-state index < -0.39 is 5.60 Å². The summed E-state index contributed by atoms with van der Waals surface area (Å²) in [6.45, 7) is 0. The Morgan fingerprint density at radius 2 is 0.943 bits per heavy atom. The van der Waals surface area contributed by atoms with E-state index >= 15 is 0 Å². The fourth-order valence-electron chi connectivity index (χ4n) is 5.02. The summed E-state index contributed by atoms with van der Waals surface area (Å²) < 4.78 is 4.20. The summed E-state index contributed by atoms with van der Waals surface area (Å²) in [5.74, 6) is 0. The minimum absolute atomic E-state index is 0.802. The van der Waals surface area contributed by atoms with Gasteiger partial charge in [-0.1, -0.05) is 111 Å². The Bertz CT molecular complexity index is 1570. The second kappa shape index (κ2) is 8.80. The van der Waals surface area contributed by atoms with Gasteiger partial charge in [-0.15, -0.1) is 0 Å². The number of halogens is 2. The molecule has 0 unspecified atom stereocenters. The van der Waals surface area contributed by atoms with E-state index in [9.17, 15) is 5.11 Å². The molecule has 0 spiro atoms. The molecule has 1 heterocycles. The van der Waals surface area contributed by atoms with Crippen molar-refractivity contribution in [1.29, 1.82) is 0 Å². The van der Waals surface area contributed by atoms with Gasteiger partial charge in [-0.25, -0.2) is 0 Å². The molecule has 6 aromatic rings. The topological polar surface area (TPSA) is 25.2 Å². The van der Waals surface area contributed by atoms with Crippen molar-refractivity contribution in [1.82, 2.24) is 4.57 Å². The zero-order valence-corrected chi connectivity index (χ0v) is 21.9. The van der Waals surface area contributed by atoms with Crippen molar-refractivity contribution in [2.24, 2.45) is 0 Å². The van der Waals surface area contributed by atoms with Gasteiger partial charge in [0.1, 0.15) is 5.60 Å². The van der Waals surface area contributed by atoms with Gasteiger partial charge in [0.2, 0.25) is 0 Å². The number of para-hydroxylation sites is 3. The fraction of sp³-hybridized carbons (Fsp3) is 0.0323. The minimum atomic E-state index is -1.37. The molecular weight excluding hydrogens is 562 g/mol. The molecule has 0 amide bonds. The second-order valence-corrected chi connectivity index (χ2v) is 10.4. The number of hydrogen-bond acceptors (Lipinski definition) is 1. The van der Waals surface area contributed by atoms with Gasteiger partial charge in [0, 0.05) is 25.3 Å². The molecule has 170 valence electrons. The third-order valence-electron chi connectivity index (χ3n) is 6.64. The van der Waals surface area contributed by atoms with Gasteiger partial charge < -0.3 is 9.67 Å². The zero-order chi connectivity index (χ0) is 24.0. The van der Waals surface area contributed by atoms with E-state index in [2.05, 4.69) is 91.0 Å². The van der Waals surface area contributed by atoms with Crippen LogP contribution in [0.15, 0.2) is 130 Å². The van der Waals surface area contributed by atoms with E-state index in [1.807, 2.05) is 66.7 Å². The van der Waals surface area contributed by atoms with Crippen molar-refractivity contribution in [3.63, 3.8) is 0 Å². The van der Waals surface area contributed by atoms with Crippen LogP contribution in [0, 0.1) is 0 Å². The Morgan fingerprint density at radius 3 is 1.46 bits per heavy atom. The van der Waals surface area contributed by atoms with Gasteiger partial charge in [-0.05, 0) is 53.6 Å². The second-order valence-electron chi connectivity index (χ2n) is 8.61. The van der Waals surface area contributed by atoms with Gasteiger partial charge in [-0.2, -0.15) is 0 Å². The van der Waals surface area contributed by atoms with Crippen LogP contribution < -0.4 is 0 Å². The molecule has 6 rings (SSSR count). The van der Waals surface area contributed by atoms with Crippen LogP contribution in [-0.4, -0.2) is 9.67 Å². The lowest BCUT2D eigenvalue weighted by molar-refractivity contribution is 0.125. The Morgan fingerprint density at radius 1 is 0.514 bits per heavy atom. The Balaban J connectivity index is 1.71. The van der Waals surface area contributed by atoms with Crippen LogP contribution in [0.1, 0.15) is 16.7 Å². The molecule has 0 aliphatic rings. The molecule has 2 nitrogen and oxygen atoms in total. The van der Waals surface area contributed by atoms with Crippen molar-refractivity contribution in [2.75, 3.05) is 0 Å². The van der Waals surface area contributed by atoms with Crippen molar-refractivity contribution < 1.29 is 5.11 Å². The molecular formula is C31H21Br2NO. The monoisotopic (exact) mass is 581 g/mol. The Labute approximate surface area is 220 Å². The minimum Gasteiger partial charge on any atom is -0.376 e. The summed E-state index contributed by atoms with van der Waals surface area (Å²) in [6.07, 6.45) is 0. The van der Waals surface area contributed by atoms with E-state index in [-0.39, 0.29) is 0 Å². The number of aromatic nitrogens is 1. The predicted octanol–water partition coefficient (Wildman–Crippen LogP) is 8.59. The first-order chi connectivity index (χ1) is 17.1. The van der Waals surface area contributed by atoms with E-state index in [0.29, 0.717) is 0 Å². The fourth-order valence-corrected chi connectivity index (χ4v) is 5.55. The molecule has 35 heavy (non-hydrogen) atoms.